The number of hydrogen-bond donors (Lipinski definition) is 0. The first-order valence-electron chi connectivity index (χ1n) is 14.9. The molecule has 3 aromatic rings. The first-order chi connectivity index (χ1) is 20.7. The Morgan fingerprint density at radius 1 is 1.14 bits per heavy atom. The third-order valence-electron chi connectivity index (χ3n) is 9.90. The van der Waals surface area contributed by atoms with Crippen molar-refractivity contribution in [1.82, 2.24) is 19.5 Å². The molecule has 44 heavy (non-hydrogen) atoms. The number of halogens is 5. The summed E-state index contributed by atoms with van der Waals surface area (Å²) in [5.41, 5.74) is 0.518. The van der Waals surface area contributed by atoms with Crippen LogP contribution in [0.4, 0.5) is 27.6 Å². The Kier molecular flexibility index (Phi) is 7.38. The van der Waals surface area contributed by atoms with Gasteiger partial charge in [-0.3, -0.25) is 14.4 Å². The van der Waals surface area contributed by atoms with Crippen molar-refractivity contribution in [3.63, 3.8) is 0 Å². The number of nitriles is 1. The molecule has 6 rings (SSSR count). The summed E-state index contributed by atoms with van der Waals surface area (Å²) in [7, 11) is 3.77. The molecule has 2 aliphatic heterocycles. The zero-order valence-corrected chi connectivity index (χ0v) is 25.0. The Labute approximate surface area is 252 Å². The number of aryl methyl sites for hydroxylation is 1. The molecule has 2 fully saturated rings. The maximum absolute atomic E-state index is 14.3. The normalized spacial score (nSPS) is 25.2. The van der Waals surface area contributed by atoms with Crippen LogP contribution in [-0.4, -0.2) is 44.4 Å². The van der Waals surface area contributed by atoms with Gasteiger partial charge in [-0.1, -0.05) is 19.1 Å². The number of fused-ring (bicyclic) bond motifs is 1. The summed E-state index contributed by atoms with van der Waals surface area (Å²) in [4.78, 5) is 18.6. The molecule has 3 heterocycles. The predicted molar refractivity (Wildman–Crippen MR) is 153 cm³/mol. The van der Waals surface area contributed by atoms with Gasteiger partial charge in [0, 0.05) is 75.6 Å². The number of aromatic nitrogens is 3. The van der Waals surface area contributed by atoms with E-state index in [4.69, 9.17) is 0 Å². The van der Waals surface area contributed by atoms with Crippen molar-refractivity contribution in [3.05, 3.63) is 70.0 Å². The number of benzene rings is 2. The molecule has 2 aromatic carbocycles. The first-order valence-corrected chi connectivity index (χ1v) is 14.9. The second kappa shape index (κ2) is 10.7. The molecule has 3 aliphatic rings. The van der Waals surface area contributed by atoms with E-state index in [0.717, 1.165) is 30.3 Å². The minimum absolute atomic E-state index is 0.00320. The second-order valence-electron chi connectivity index (χ2n) is 12.9. The lowest BCUT2D eigenvalue weighted by atomic mass is 9.56. The number of amides is 1. The summed E-state index contributed by atoms with van der Waals surface area (Å²) in [5, 5.41) is 13.7. The maximum Gasteiger partial charge on any atom is 0.416 e. The van der Waals surface area contributed by atoms with Crippen LogP contribution in [0.5, 0.6) is 0 Å². The van der Waals surface area contributed by atoms with Crippen LogP contribution >= 0.6 is 0 Å². The van der Waals surface area contributed by atoms with Gasteiger partial charge < -0.3 is 4.90 Å². The van der Waals surface area contributed by atoms with Crippen LogP contribution in [-0.2, 0) is 45.2 Å². The summed E-state index contributed by atoms with van der Waals surface area (Å²) >= 11 is 0. The van der Waals surface area contributed by atoms with Crippen LogP contribution in [0.3, 0.4) is 0 Å². The monoisotopic (exact) mass is 614 g/mol. The Morgan fingerprint density at radius 3 is 2.52 bits per heavy atom. The van der Waals surface area contributed by atoms with Gasteiger partial charge in [0.2, 0.25) is 0 Å². The van der Waals surface area contributed by atoms with Gasteiger partial charge >= 0.3 is 6.18 Å². The molecule has 12 heteroatoms. The Morgan fingerprint density at radius 2 is 1.89 bits per heavy atom. The maximum atomic E-state index is 14.3. The quantitative estimate of drug-likeness (QED) is 0.297. The molecule has 0 unspecified atom stereocenters. The topological polar surface area (TPSA) is 70.1 Å². The SMILES string of the molecule is C[C@@H]1CN(Cc2cc3c(c(C(F)(F)F)c2)CN(c2cccc(C4(Cc5nn(C)n5C)CC(CC#N)C4)c2)C3=O)CCC1(F)F. The van der Waals surface area contributed by atoms with Gasteiger partial charge in [0.25, 0.3) is 11.8 Å². The van der Waals surface area contributed by atoms with E-state index in [-0.39, 0.29) is 60.6 Å². The average Bonchev–Trinajstić information content (AvgIpc) is 3.28. The van der Waals surface area contributed by atoms with E-state index in [1.54, 1.807) is 15.8 Å². The predicted octanol–water partition coefficient (Wildman–Crippen LogP) is 6.22. The van der Waals surface area contributed by atoms with E-state index in [9.17, 15) is 32.0 Å². The van der Waals surface area contributed by atoms with Gasteiger partial charge in [-0.15, -0.1) is 5.10 Å². The fourth-order valence-electron chi connectivity index (χ4n) is 7.27. The average molecular weight is 615 g/mol. The molecule has 0 N–H and O–H groups in total. The summed E-state index contributed by atoms with van der Waals surface area (Å²) in [6.07, 6.45) is -2.39. The van der Waals surface area contributed by atoms with E-state index < -0.39 is 29.5 Å². The van der Waals surface area contributed by atoms with Crippen LogP contribution in [0, 0.1) is 23.2 Å². The van der Waals surface area contributed by atoms with Crippen molar-refractivity contribution < 1.29 is 26.7 Å². The van der Waals surface area contributed by atoms with Gasteiger partial charge in [-0.05, 0) is 59.7 Å². The van der Waals surface area contributed by atoms with Crippen molar-refractivity contribution in [1.29, 1.82) is 5.26 Å². The molecular formula is C32H35F5N6O. The third-order valence-corrected chi connectivity index (χ3v) is 9.90. The zero-order chi connectivity index (χ0) is 31.6. The molecule has 1 aliphatic carbocycles. The van der Waals surface area contributed by atoms with Crippen molar-refractivity contribution in [2.45, 2.75) is 69.6 Å². The van der Waals surface area contributed by atoms with Gasteiger partial charge in [0.1, 0.15) is 5.82 Å². The molecule has 0 radical (unpaired) electrons. The second-order valence-corrected chi connectivity index (χ2v) is 12.9. The van der Waals surface area contributed by atoms with Crippen molar-refractivity contribution in [3.8, 4) is 6.07 Å². The fraction of sp³-hybridized carbons (Fsp3) is 0.531. The van der Waals surface area contributed by atoms with E-state index in [1.165, 1.54) is 17.9 Å². The highest BCUT2D eigenvalue weighted by Gasteiger charge is 2.47. The van der Waals surface area contributed by atoms with E-state index in [2.05, 4.69) is 11.2 Å². The number of carbonyl (C=O) groups is 1. The van der Waals surface area contributed by atoms with Crippen molar-refractivity contribution >= 4 is 11.6 Å². The zero-order valence-electron chi connectivity index (χ0n) is 25.0. The summed E-state index contributed by atoms with van der Waals surface area (Å²) in [5.74, 6) is -3.08. The molecule has 1 aromatic heterocycles. The van der Waals surface area contributed by atoms with Gasteiger partial charge in [0.05, 0.1) is 18.2 Å². The molecule has 1 atom stereocenters. The Balaban J connectivity index is 1.29. The first kappa shape index (κ1) is 30.3. The number of hydrogen-bond acceptors (Lipinski definition) is 4. The lowest BCUT2D eigenvalue weighted by Gasteiger charge is -2.48. The van der Waals surface area contributed by atoms with Crippen LogP contribution in [0.25, 0.3) is 0 Å². The fourth-order valence-corrected chi connectivity index (χ4v) is 7.27. The highest BCUT2D eigenvalue weighted by atomic mass is 19.4. The van der Waals surface area contributed by atoms with E-state index in [0.29, 0.717) is 18.5 Å². The number of rotatable bonds is 7. The standard InChI is InChI=1S/C32H35F5N6O/c1-20-17-42(10-8-31(20,33)34)18-22-11-25-26(27(12-22)32(35,36)37)19-43(29(25)44)24-6-4-5-23(13-24)30(14-21(15-30)7-9-38)16-28-39-41(3)40(28)2/h4-6,11-13,20-21H,7-8,10,14-19H2,1-3H3/t20-,21?,30?/m1/s1. The molecule has 234 valence electrons. The van der Waals surface area contributed by atoms with Crippen LogP contribution in [0.15, 0.2) is 36.4 Å². The van der Waals surface area contributed by atoms with E-state index >= 15 is 0 Å². The number of nitrogens with zero attached hydrogens (tertiary/aromatic N) is 6. The Bertz CT molecular complexity index is 1630. The smallest absolute Gasteiger partial charge is 0.304 e. The minimum atomic E-state index is -4.69. The van der Waals surface area contributed by atoms with Gasteiger partial charge in [-0.2, -0.15) is 18.4 Å². The van der Waals surface area contributed by atoms with Gasteiger partial charge in [-0.25, -0.2) is 13.6 Å². The molecule has 1 saturated carbocycles. The van der Waals surface area contributed by atoms with Crippen LogP contribution in [0.1, 0.15) is 71.0 Å². The largest absolute Gasteiger partial charge is 0.416 e. The molecule has 0 bridgehead atoms. The summed E-state index contributed by atoms with van der Waals surface area (Å²) in [6, 6.07) is 12.2. The summed E-state index contributed by atoms with van der Waals surface area (Å²) < 4.78 is 73.0. The number of anilines is 1. The number of piperidine rings is 1. The number of alkyl halides is 5. The molecule has 1 amide bonds. The third kappa shape index (κ3) is 5.29. The van der Waals surface area contributed by atoms with Crippen LogP contribution < -0.4 is 4.90 Å². The number of likely N-dealkylation sites (tertiary alicyclic amines) is 1. The molecule has 1 saturated heterocycles. The van der Waals surface area contributed by atoms with Crippen molar-refractivity contribution in [2.75, 3.05) is 18.0 Å². The highest BCUT2D eigenvalue weighted by Crippen LogP contribution is 2.52. The minimum Gasteiger partial charge on any atom is -0.304 e. The molecular weight excluding hydrogens is 579 g/mol. The van der Waals surface area contributed by atoms with Gasteiger partial charge in [0.15, 0.2) is 0 Å². The molecule has 7 nitrogen and oxygen atoms in total. The van der Waals surface area contributed by atoms with Crippen molar-refractivity contribution in [2.24, 2.45) is 25.9 Å². The lowest BCUT2D eigenvalue weighted by Crippen LogP contribution is -2.45. The van der Waals surface area contributed by atoms with Crippen LogP contribution in [0.2, 0.25) is 0 Å². The highest BCUT2D eigenvalue weighted by molar-refractivity contribution is 6.10. The number of carbonyl (C=O) groups excluding carboxylic acids is 1. The van der Waals surface area contributed by atoms with E-state index in [1.807, 2.05) is 37.0 Å². The summed E-state index contributed by atoms with van der Waals surface area (Å²) in [6.45, 7) is 1.41. The Hall–Kier alpha value is -3.72. The molecule has 0 spiro atoms. The lowest BCUT2D eigenvalue weighted by molar-refractivity contribution is -0.138.